The van der Waals surface area contributed by atoms with E-state index in [-0.39, 0.29) is 0 Å². The predicted octanol–water partition coefficient (Wildman–Crippen LogP) is 2.37. The van der Waals surface area contributed by atoms with E-state index in [9.17, 15) is 0 Å². The minimum atomic E-state index is 0.328. The van der Waals surface area contributed by atoms with E-state index in [1.165, 1.54) is 4.90 Å². The maximum atomic E-state index is 5.41. The van der Waals surface area contributed by atoms with Crippen LogP contribution in [0.1, 0.15) is 5.82 Å². The number of methoxy groups -OCH3 is 1. The van der Waals surface area contributed by atoms with Crippen LogP contribution in [0.3, 0.4) is 0 Å². The van der Waals surface area contributed by atoms with Crippen molar-refractivity contribution < 1.29 is 4.74 Å². The average Bonchev–Trinajstić information content (AvgIpc) is 2.47. The number of hydrogen-bond acceptors (Lipinski definition) is 7. The number of anilines is 3. The van der Waals surface area contributed by atoms with Crippen LogP contribution in [0.25, 0.3) is 0 Å². The maximum absolute atomic E-state index is 5.41. The molecule has 0 saturated carbocycles. The summed E-state index contributed by atoms with van der Waals surface area (Å²) in [7, 11) is 1.60. The van der Waals surface area contributed by atoms with Crippen LogP contribution in [-0.2, 0) is 11.3 Å². The molecule has 0 amide bonds. The largest absolute Gasteiger partial charge is 0.377 e. The highest BCUT2D eigenvalue weighted by Gasteiger charge is 2.05. The molecule has 2 aromatic rings. The topological polar surface area (TPSA) is 85.1 Å². The average molecular weight is 291 g/mol. The second-order valence-corrected chi connectivity index (χ2v) is 4.87. The molecule has 106 valence electrons. The minimum Gasteiger partial charge on any atom is -0.377 e. The van der Waals surface area contributed by atoms with Gasteiger partial charge in [0, 0.05) is 23.8 Å². The molecule has 0 aliphatic heterocycles. The number of benzene rings is 1. The third kappa shape index (κ3) is 3.83. The lowest BCUT2D eigenvalue weighted by atomic mass is 10.3. The zero-order valence-electron chi connectivity index (χ0n) is 11.4. The van der Waals surface area contributed by atoms with Crippen molar-refractivity contribution in [1.29, 1.82) is 0 Å². The van der Waals surface area contributed by atoms with Gasteiger partial charge in [-0.3, -0.25) is 0 Å². The number of nitrogens with zero attached hydrogens (tertiary/aromatic N) is 2. The first-order chi connectivity index (χ1) is 9.75. The Hall–Kier alpha value is -1.83. The van der Waals surface area contributed by atoms with Gasteiger partial charge in [-0.25, -0.2) is 15.8 Å². The molecule has 0 unspecified atom stereocenters. The summed E-state index contributed by atoms with van der Waals surface area (Å²) in [6.07, 6.45) is 2.04. The van der Waals surface area contributed by atoms with Crippen molar-refractivity contribution in [2.45, 2.75) is 11.5 Å². The van der Waals surface area contributed by atoms with Crippen LogP contribution in [0.5, 0.6) is 0 Å². The van der Waals surface area contributed by atoms with Crippen molar-refractivity contribution in [3.63, 3.8) is 0 Å². The van der Waals surface area contributed by atoms with Gasteiger partial charge in [-0.05, 0) is 24.5 Å². The van der Waals surface area contributed by atoms with Crippen LogP contribution in [0.4, 0.5) is 17.3 Å². The Labute approximate surface area is 122 Å². The van der Waals surface area contributed by atoms with Crippen molar-refractivity contribution in [3.05, 3.63) is 36.2 Å². The lowest BCUT2D eigenvalue weighted by Crippen LogP contribution is -2.11. The number of nitrogens with two attached hydrogens (primary N) is 1. The van der Waals surface area contributed by atoms with Crippen LogP contribution in [-0.4, -0.2) is 23.3 Å². The lowest BCUT2D eigenvalue weighted by molar-refractivity contribution is 0.178. The quantitative estimate of drug-likeness (QED) is 0.428. The molecule has 1 aromatic heterocycles. The highest BCUT2D eigenvalue weighted by Crippen LogP contribution is 2.22. The van der Waals surface area contributed by atoms with E-state index in [0.717, 1.165) is 5.69 Å². The van der Waals surface area contributed by atoms with Gasteiger partial charge in [-0.15, -0.1) is 11.8 Å². The molecule has 0 spiro atoms. The van der Waals surface area contributed by atoms with Crippen molar-refractivity contribution in [2.75, 3.05) is 24.1 Å². The Kier molecular flexibility index (Phi) is 5.16. The van der Waals surface area contributed by atoms with Crippen molar-refractivity contribution in [3.8, 4) is 0 Å². The Bertz CT molecular complexity index is 578. The number of ether oxygens (including phenoxy) is 1. The molecule has 0 aliphatic rings. The third-order valence-electron chi connectivity index (χ3n) is 2.54. The Morgan fingerprint density at radius 1 is 1.25 bits per heavy atom. The summed E-state index contributed by atoms with van der Waals surface area (Å²) in [6.45, 7) is 0.328. The summed E-state index contributed by atoms with van der Waals surface area (Å²) in [5, 5.41) is 3.24. The number of hydrazine groups is 1. The standard InChI is InChI=1S/C13H17N5OS/c1-19-8-13-16-11(7-12(17-13)18-14)15-9-4-3-5-10(6-9)20-2/h3-7H,8,14H2,1-2H3,(H2,15,16,17,18). The molecule has 0 atom stereocenters. The Morgan fingerprint density at radius 2 is 2.05 bits per heavy atom. The van der Waals surface area contributed by atoms with E-state index >= 15 is 0 Å². The molecule has 7 heteroatoms. The number of hydrogen-bond donors (Lipinski definition) is 3. The summed E-state index contributed by atoms with van der Waals surface area (Å²) in [6, 6.07) is 9.82. The molecule has 0 radical (unpaired) electrons. The summed E-state index contributed by atoms with van der Waals surface area (Å²) in [5.74, 6) is 7.17. The van der Waals surface area contributed by atoms with Crippen LogP contribution < -0.4 is 16.6 Å². The number of nitrogens with one attached hydrogen (secondary N) is 2. The summed E-state index contributed by atoms with van der Waals surface area (Å²) >= 11 is 1.69. The van der Waals surface area contributed by atoms with Crippen LogP contribution in [0.2, 0.25) is 0 Å². The van der Waals surface area contributed by atoms with Gasteiger partial charge in [0.2, 0.25) is 0 Å². The van der Waals surface area contributed by atoms with Crippen LogP contribution in [0.15, 0.2) is 35.2 Å². The molecule has 2 rings (SSSR count). The lowest BCUT2D eigenvalue weighted by Gasteiger charge is -2.10. The third-order valence-corrected chi connectivity index (χ3v) is 3.26. The highest BCUT2D eigenvalue weighted by atomic mass is 32.2. The molecule has 1 aromatic carbocycles. The van der Waals surface area contributed by atoms with E-state index < -0.39 is 0 Å². The normalized spacial score (nSPS) is 10.3. The molecule has 1 heterocycles. The first kappa shape index (κ1) is 14.6. The molecular weight excluding hydrogens is 274 g/mol. The summed E-state index contributed by atoms with van der Waals surface area (Å²) in [5.41, 5.74) is 3.48. The molecule has 0 fully saturated rings. The molecule has 0 saturated heterocycles. The van der Waals surface area contributed by atoms with Gasteiger partial charge >= 0.3 is 0 Å². The molecule has 0 aliphatic carbocycles. The number of thioether (sulfide) groups is 1. The van der Waals surface area contributed by atoms with Gasteiger partial charge in [0.05, 0.1) is 0 Å². The van der Waals surface area contributed by atoms with Gasteiger partial charge in [-0.2, -0.15) is 0 Å². The zero-order chi connectivity index (χ0) is 14.4. The van der Waals surface area contributed by atoms with Gasteiger partial charge < -0.3 is 15.5 Å². The van der Waals surface area contributed by atoms with Gasteiger partial charge in [-0.1, -0.05) is 6.07 Å². The number of rotatable bonds is 6. The van der Waals surface area contributed by atoms with E-state index in [2.05, 4.69) is 32.8 Å². The van der Waals surface area contributed by atoms with E-state index in [0.29, 0.717) is 24.1 Å². The van der Waals surface area contributed by atoms with E-state index in [1.807, 2.05) is 18.4 Å². The van der Waals surface area contributed by atoms with Gasteiger partial charge in [0.25, 0.3) is 0 Å². The first-order valence-corrected chi connectivity index (χ1v) is 7.22. The first-order valence-electron chi connectivity index (χ1n) is 5.99. The van der Waals surface area contributed by atoms with E-state index in [4.69, 9.17) is 10.6 Å². The van der Waals surface area contributed by atoms with Crippen molar-refractivity contribution >= 4 is 29.1 Å². The molecular formula is C13H17N5OS. The van der Waals surface area contributed by atoms with Gasteiger partial charge in [0.15, 0.2) is 5.82 Å². The molecule has 0 bridgehead atoms. The highest BCUT2D eigenvalue weighted by molar-refractivity contribution is 7.98. The minimum absolute atomic E-state index is 0.328. The zero-order valence-corrected chi connectivity index (χ0v) is 12.2. The summed E-state index contributed by atoms with van der Waals surface area (Å²) < 4.78 is 5.04. The smallest absolute Gasteiger partial charge is 0.158 e. The Morgan fingerprint density at radius 3 is 2.75 bits per heavy atom. The monoisotopic (exact) mass is 291 g/mol. The Balaban J connectivity index is 2.24. The van der Waals surface area contributed by atoms with E-state index in [1.54, 1.807) is 24.9 Å². The van der Waals surface area contributed by atoms with Gasteiger partial charge in [0.1, 0.15) is 18.2 Å². The molecule has 6 nitrogen and oxygen atoms in total. The second-order valence-electron chi connectivity index (χ2n) is 3.99. The summed E-state index contributed by atoms with van der Waals surface area (Å²) in [4.78, 5) is 9.75. The van der Waals surface area contributed by atoms with Crippen molar-refractivity contribution in [2.24, 2.45) is 5.84 Å². The second kappa shape index (κ2) is 7.09. The maximum Gasteiger partial charge on any atom is 0.158 e. The molecule has 4 N–H and O–H groups in total. The van der Waals surface area contributed by atoms with Crippen molar-refractivity contribution in [1.82, 2.24) is 9.97 Å². The number of aromatic nitrogens is 2. The van der Waals surface area contributed by atoms with Crippen LogP contribution >= 0.6 is 11.8 Å². The SMILES string of the molecule is COCc1nc(NN)cc(Nc2cccc(SC)c2)n1. The fourth-order valence-electron chi connectivity index (χ4n) is 1.68. The fraction of sp³-hybridized carbons (Fsp3) is 0.231. The fourth-order valence-corrected chi connectivity index (χ4v) is 2.14. The number of nitrogen functional groups attached to an aromatic ring is 1. The molecule has 20 heavy (non-hydrogen) atoms. The predicted molar refractivity (Wildman–Crippen MR) is 82.1 cm³/mol. The van der Waals surface area contributed by atoms with Crippen LogP contribution in [0, 0.1) is 0 Å².